The molecule has 0 fully saturated rings. The monoisotopic (exact) mass is 367 g/mol. The number of carbonyl (C=O) groups is 1. The fraction of sp³-hybridized carbons (Fsp3) is 0.188. The van der Waals surface area contributed by atoms with Gasteiger partial charge in [-0.25, -0.2) is 4.98 Å². The molecule has 3 aromatic rings. The molecule has 1 amide bonds. The Hall–Kier alpha value is -2.68. The molecule has 5 nitrogen and oxygen atoms in total. The van der Waals surface area contributed by atoms with Crippen molar-refractivity contribution in [2.24, 2.45) is 0 Å². The third kappa shape index (κ3) is 3.71. The summed E-state index contributed by atoms with van der Waals surface area (Å²) in [5.74, 6) is -0.628. The van der Waals surface area contributed by atoms with Gasteiger partial charge < -0.3 is 9.88 Å². The minimum atomic E-state index is -4.76. The summed E-state index contributed by atoms with van der Waals surface area (Å²) in [4.78, 5) is 28.1. The van der Waals surface area contributed by atoms with Gasteiger partial charge in [0.2, 0.25) is 5.91 Å². The minimum absolute atomic E-state index is 0.325. The maximum absolute atomic E-state index is 12.7. The lowest BCUT2D eigenvalue weighted by Gasteiger charge is -2.09. The summed E-state index contributed by atoms with van der Waals surface area (Å²) in [6.07, 6.45) is -3.62. The molecule has 130 valence electrons. The predicted octanol–water partition coefficient (Wildman–Crippen LogP) is 3.42. The zero-order valence-electron chi connectivity index (χ0n) is 12.9. The van der Waals surface area contributed by atoms with Gasteiger partial charge in [0.05, 0.1) is 10.2 Å². The first kappa shape index (κ1) is 17.2. The highest BCUT2D eigenvalue weighted by Crippen LogP contribution is 2.27. The first-order valence-electron chi connectivity index (χ1n) is 7.18. The van der Waals surface area contributed by atoms with Gasteiger partial charge in [0.15, 0.2) is 5.13 Å². The molecular weight excluding hydrogens is 355 g/mol. The summed E-state index contributed by atoms with van der Waals surface area (Å²) in [7, 11) is 0. The number of amides is 1. The number of benzene rings is 1. The molecule has 1 aromatic carbocycles. The Bertz CT molecular complexity index is 1010. The minimum Gasteiger partial charge on any atom is -0.306 e. The average Bonchev–Trinajstić information content (AvgIpc) is 2.89. The van der Waals surface area contributed by atoms with Crippen molar-refractivity contribution in [1.82, 2.24) is 9.55 Å². The van der Waals surface area contributed by atoms with E-state index < -0.39 is 29.8 Å². The molecule has 0 saturated carbocycles. The Morgan fingerprint density at radius 1 is 1.32 bits per heavy atom. The van der Waals surface area contributed by atoms with Crippen LogP contribution < -0.4 is 10.9 Å². The van der Waals surface area contributed by atoms with Crippen LogP contribution in [0, 0.1) is 6.92 Å². The van der Waals surface area contributed by atoms with Crippen molar-refractivity contribution >= 4 is 32.6 Å². The molecule has 0 bridgehead atoms. The van der Waals surface area contributed by atoms with Crippen molar-refractivity contribution in [3.05, 3.63) is 58.0 Å². The Kier molecular flexibility index (Phi) is 4.34. The SMILES string of the molecule is Cc1ccc2nc(NC(=O)Cn3cccc(C(F)(F)F)c3=O)sc2c1. The summed E-state index contributed by atoms with van der Waals surface area (Å²) >= 11 is 1.25. The average molecular weight is 367 g/mol. The number of pyridine rings is 1. The van der Waals surface area contributed by atoms with Crippen LogP contribution in [-0.4, -0.2) is 15.5 Å². The van der Waals surface area contributed by atoms with Gasteiger partial charge in [-0.15, -0.1) is 0 Å². The zero-order chi connectivity index (χ0) is 18.2. The summed E-state index contributed by atoms with van der Waals surface area (Å²) in [5.41, 5.74) is -0.810. The van der Waals surface area contributed by atoms with E-state index in [-0.39, 0.29) is 0 Å². The van der Waals surface area contributed by atoms with Crippen molar-refractivity contribution in [3.63, 3.8) is 0 Å². The Labute approximate surface area is 143 Å². The number of hydrogen-bond acceptors (Lipinski definition) is 4. The second-order valence-electron chi connectivity index (χ2n) is 5.39. The third-order valence-corrected chi connectivity index (χ3v) is 4.36. The number of aryl methyl sites for hydroxylation is 1. The van der Waals surface area contributed by atoms with E-state index >= 15 is 0 Å². The van der Waals surface area contributed by atoms with Crippen LogP contribution in [-0.2, 0) is 17.5 Å². The van der Waals surface area contributed by atoms with Gasteiger partial charge >= 0.3 is 6.18 Å². The smallest absolute Gasteiger partial charge is 0.306 e. The lowest BCUT2D eigenvalue weighted by Crippen LogP contribution is -2.31. The van der Waals surface area contributed by atoms with Crippen LogP contribution in [0.4, 0.5) is 18.3 Å². The van der Waals surface area contributed by atoms with E-state index in [2.05, 4.69) is 10.3 Å². The number of nitrogens with one attached hydrogen (secondary N) is 1. The van der Waals surface area contributed by atoms with Crippen molar-refractivity contribution < 1.29 is 18.0 Å². The van der Waals surface area contributed by atoms with E-state index in [1.165, 1.54) is 11.3 Å². The number of carbonyl (C=O) groups excluding carboxylic acids is 1. The van der Waals surface area contributed by atoms with Crippen molar-refractivity contribution in [1.29, 1.82) is 0 Å². The number of rotatable bonds is 3. The van der Waals surface area contributed by atoms with Crippen LogP contribution in [0.25, 0.3) is 10.2 Å². The molecular formula is C16H12F3N3O2S. The first-order chi connectivity index (χ1) is 11.7. The fourth-order valence-corrected chi connectivity index (χ4v) is 3.26. The number of aromatic nitrogens is 2. The summed E-state index contributed by atoms with van der Waals surface area (Å²) in [6, 6.07) is 7.38. The molecule has 9 heteroatoms. The van der Waals surface area contributed by atoms with Gasteiger partial charge in [0.1, 0.15) is 12.1 Å². The molecule has 0 aliphatic heterocycles. The maximum atomic E-state index is 12.7. The Balaban J connectivity index is 1.79. The predicted molar refractivity (Wildman–Crippen MR) is 88.7 cm³/mol. The molecule has 0 aliphatic carbocycles. The number of fused-ring (bicyclic) bond motifs is 1. The molecule has 0 radical (unpaired) electrons. The highest BCUT2D eigenvalue weighted by molar-refractivity contribution is 7.22. The molecule has 0 atom stereocenters. The standard InChI is InChI=1S/C16H12F3N3O2S/c1-9-4-5-11-12(7-9)25-15(20-11)21-13(23)8-22-6-2-3-10(14(22)24)16(17,18)19/h2-7H,8H2,1H3,(H,20,21,23). The van der Waals surface area contributed by atoms with Gasteiger partial charge in [0.25, 0.3) is 5.56 Å². The largest absolute Gasteiger partial charge is 0.421 e. The van der Waals surface area contributed by atoms with E-state index in [4.69, 9.17) is 0 Å². The van der Waals surface area contributed by atoms with E-state index in [0.29, 0.717) is 16.7 Å². The maximum Gasteiger partial charge on any atom is 0.421 e. The van der Waals surface area contributed by atoms with Crippen LogP contribution in [0.2, 0.25) is 0 Å². The number of halogens is 3. The Morgan fingerprint density at radius 2 is 2.08 bits per heavy atom. The van der Waals surface area contributed by atoms with E-state index in [1.54, 1.807) is 0 Å². The zero-order valence-corrected chi connectivity index (χ0v) is 13.7. The quantitative estimate of drug-likeness (QED) is 0.771. The fourth-order valence-electron chi connectivity index (χ4n) is 2.28. The second kappa shape index (κ2) is 6.32. The number of anilines is 1. The highest BCUT2D eigenvalue weighted by Gasteiger charge is 2.34. The van der Waals surface area contributed by atoms with Crippen LogP contribution in [0.1, 0.15) is 11.1 Å². The first-order valence-corrected chi connectivity index (χ1v) is 7.99. The van der Waals surface area contributed by atoms with Crippen molar-refractivity contribution in [3.8, 4) is 0 Å². The topological polar surface area (TPSA) is 64.0 Å². The van der Waals surface area contributed by atoms with Gasteiger partial charge in [0, 0.05) is 6.20 Å². The number of alkyl halides is 3. The molecule has 2 aromatic heterocycles. The van der Waals surface area contributed by atoms with Crippen molar-refractivity contribution in [2.75, 3.05) is 5.32 Å². The molecule has 2 heterocycles. The second-order valence-corrected chi connectivity index (χ2v) is 6.42. The molecule has 25 heavy (non-hydrogen) atoms. The van der Waals surface area contributed by atoms with Gasteiger partial charge in [-0.3, -0.25) is 9.59 Å². The van der Waals surface area contributed by atoms with E-state index in [0.717, 1.165) is 27.1 Å². The van der Waals surface area contributed by atoms with Crippen LogP contribution in [0.5, 0.6) is 0 Å². The van der Waals surface area contributed by atoms with Gasteiger partial charge in [-0.1, -0.05) is 17.4 Å². The normalized spacial score (nSPS) is 11.7. The molecule has 1 N–H and O–H groups in total. The van der Waals surface area contributed by atoms with Gasteiger partial charge in [-0.2, -0.15) is 13.2 Å². The van der Waals surface area contributed by atoms with Crippen LogP contribution >= 0.6 is 11.3 Å². The summed E-state index contributed by atoms with van der Waals surface area (Å²) in [6.45, 7) is 1.40. The van der Waals surface area contributed by atoms with E-state index in [1.807, 2.05) is 25.1 Å². The third-order valence-electron chi connectivity index (χ3n) is 3.43. The number of thiazole rings is 1. The molecule has 0 saturated heterocycles. The lowest BCUT2D eigenvalue weighted by molar-refractivity contribution is -0.139. The summed E-state index contributed by atoms with van der Waals surface area (Å²) in [5, 5.41) is 2.84. The Morgan fingerprint density at radius 3 is 2.80 bits per heavy atom. The van der Waals surface area contributed by atoms with Crippen molar-refractivity contribution in [2.45, 2.75) is 19.6 Å². The van der Waals surface area contributed by atoms with Crippen LogP contribution in [0.15, 0.2) is 41.3 Å². The molecule has 0 spiro atoms. The number of nitrogens with zero attached hydrogens (tertiary/aromatic N) is 2. The lowest BCUT2D eigenvalue weighted by atomic mass is 10.2. The summed E-state index contributed by atoms with van der Waals surface area (Å²) < 4.78 is 39.8. The van der Waals surface area contributed by atoms with Gasteiger partial charge in [-0.05, 0) is 36.8 Å². The van der Waals surface area contributed by atoms with Crippen LogP contribution in [0.3, 0.4) is 0 Å². The highest BCUT2D eigenvalue weighted by atomic mass is 32.1. The number of hydrogen-bond donors (Lipinski definition) is 1. The molecule has 0 aliphatic rings. The molecule has 3 rings (SSSR count). The van der Waals surface area contributed by atoms with E-state index in [9.17, 15) is 22.8 Å². The molecule has 0 unspecified atom stereocenters.